The van der Waals surface area contributed by atoms with Gasteiger partial charge in [0.05, 0.1) is 22.6 Å². The number of anilines is 2. The first kappa shape index (κ1) is 65.0. The second-order valence-corrected chi connectivity index (χ2v) is 21.7. The minimum atomic E-state index is -1.88. The van der Waals surface area contributed by atoms with Crippen LogP contribution < -0.4 is 20.5 Å². The molecule has 6 unspecified atom stereocenters. The number of aliphatic hydroxyl groups is 3. The molecule has 2 aliphatic heterocycles. The Morgan fingerprint density at radius 2 is 1.06 bits per heavy atom. The fourth-order valence-electron chi connectivity index (χ4n) is 9.05. The van der Waals surface area contributed by atoms with Gasteiger partial charge in [0.1, 0.15) is 62.6 Å². The first-order valence-corrected chi connectivity index (χ1v) is 27.1. The topological polar surface area (TPSA) is 285 Å². The van der Waals surface area contributed by atoms with E-state index in [-0.39, 0.29) is 61.6 Å². The van der Waals surface area contributed by atoms with Crippen LogP contribution in [0, 0.1) is 17.8 Å². The van der Waals surface area contributed by atoms with Crippen molar-refractivity contribution in [1.82, 2.24) is 9.80 Å². The predicted octanol–water partition coefficient (Wildman–Crippen LogP) is 7.69. The van der Waals surface area contributed by atoms with Crippen molar-refractivity contribution in [3.8, 4) is 11.5 Å². The molecule has 3 amide bonds. The third-order valence-corrected chi connectivity index (χ3v) is 14.1. The van der Waals surface area contributed by atoms with Crippen molar-refractivity contribution >= 4 is 41.2 Å². The maximum absolute atomic E-state index is 12.8. The molecule has 0 aromatic heterocycles. The Hall–Kier alpha value is -6.85. The highest BCUT2D eigenvalue weighted by atomic mass is 16.7. The van der Waals surface area contributed by atoms with Crippen LogP contribution in [0.5, 0.6) is 11.5 Å². The number of carboxylic acid groups (broad SMARTS) is 1. The number of hydrogen-bond donors (Lipinski definition) is 6. The highest BCUT2D eigenvalue weighted by Crippen LogP contribution is 2.38. The molecule has 4 aromatic carbocycles. The Morgan fingerprint density at radius 1 is 0.593 bits per heavy atom. The van der Waals surface area contributed by atoms with E-state index < -0.39 is 78.4 Å². The molecule has 444 valence electrons. The number of ketones is 1. The number of aliphatic carboxylic acids is 1. The molecule has 0 radical (unpaired) electrons. The van der Waals surface area contributed by atoms with Crippen LogP contribution in [0.1, 0.15) is 98.4 Å². The van der Waals surface area contributed by atoms with Crippen LogP contribution >= 0.6 is 0 Å². The lowest BCUT2D eigenvalue weighted by atomic mass is 9.78. The number of carbonyl (C=O) groups excluding carboxylic acids is 4. The number of amides is 3. The van der Waals surface area contributed by atoms with Gasteiger partial charge in [0.2, 0.25) is 18.5 Å². The van der Waals surface area contributed by atoms with Gasteiger partial charge in [0.15, 0.2) is 11.9 Å². The number of benzene rings is 4. The minimum absolute atomic E-state index is 0.00809. The molecule has 2 heterocycles. The van der Waals surface area contributed by atoms with Crippen molar-refractivity contribution in [2.75, 3.05) is 37.6 Å². The molecule has 10 atom stereocenters. The molecule has 4 aromatic rings. The Kier molecular flexibility index (Phi) is 23.9. The summed E-state index contributed by atoms with van der Waals surface area (Å²) in [6, 6.07) is 29.6. The SMILES string of the molecule is CCN(COC(C)(C)Cc1ccccc1)C(=O)OCc1ccc(OC2OC(C(=O)O)C(O)[C@H](O)[C@@H]2O)c(NC(C)=O)c1.CCN(COC(C)(C)Cc1ccccc1)C(=O)OCc1ccc(OC2OC(C(C)=O)C(C)[C@H](C)[C@@H]2C)c(N)c1. The molecule has 0 saturated carbocycles. The molecule has 2 saturated heterocycles. The molecular formula is C60H82N4O17. The third kappa shape index (κ3) is 19.1. The van der Waals surface area contributed by atoms with Gasteiger partial charge in [-0.05, 0) is 107 Å². The summed E-state index contributed by atoms with van der Waals surface area (Å²) < 4.78 is 45.9. The number of nitrogens with one attached hydrogen (secondary N) is 1. The number of Topliss-reactive ketones (excluding diaryl/α,β-unsaturated/α-hetero) is 1. The third-order valence-electron chi connectivity index (χ3n) is 14.1. The van der Waals surface area contributed by atoms with E-state index in [1.54, 1.807) is 32.0 Å². The summed E-state index contributed by atoms with van der Waals surface area (Å²) in [7, 11) is 0. The second kappa shape index (κ2) is 29.7. The number of aliphatic hydroxyl groups excluding tert-OH is 3. The predicted molar refractivity (Wildman–Crippen MR) is 299 cm³/mol. The van der Waals surface area contributed by atoms with Crippen LogP contribution in [0.3, 0.4) is 0 Å². The highest BCUT2D eigenvalue weighted by Gasteiger charge is 2.48. The molecule has 21 nitrogen and oxygen atoms in total. The number of hydrogen-bond acceptors (Lipinski definition) is 17. The van der Waals surface area contributed by atoms with Crippen LogP contribution in [0.4, 0.5) is 21.0 Å². The average Bonchev–Trinajstić information content (AvgIpc) is 3.44. The van der Waals surface area contributed by atoms with E-state index >= 15 is 0 Å². The fraction of sp³-hybridized carbons (Fsp3) is 0.517. The zero-order chi connectivity index (χ0) is 59.8. The van der Waals surface area contributed by atoms with Crippen molar-refractivity contribution in [3.05, 3.63) is 119 Å². The molecule has 7 N–H and O–H groups in total. The molecule has 6 rings (SSSR count). The molecule has 0 aliphatic carbocycles. The Morgan fingerprint density at radius 3 is 1.52 bits per heavy atom. The first-order chi connectivity index (χ1) is 38.2. The van der Waals surface area contributed by atoms with Crippen LogP contribution in [-0.4, -0.2) is 141 Å². The van der Waals surface area contributed by atoms with Crippen molar-refractivity contribution in [3.63, 3.8) is 0 Å². The number of carboxylic acids is 1. The summed E-state index contributed by atoms with van der Waals surface area (Å²) >= 11 is 0. The van der Waals surface area contributed by atoms with Gasteiger partial charge in [-0.15, -0.1) is 0 Å². The number of carbonyl (C=O) groups is 5. The number of nitrogen functional groups attached to an aromatic ring is 1. The Balaban J connectivity index is 0.000000298. The van der Waals surface area contributed by atoms with Gasteiger partial charge in [-0.1, -0.05) is 93.6 Å². The first-order valence-electron chi connectivity index (χ1n) is 27.1. The Labute approximate surface area is 474 Å². The quantitative estimate of drug-likeness (QED) is 0.0306. The van der Waals surface area contributed by atoms with Crippen molar-refractivity contribution in [2.24, 2.45) is 17.8 Å². The lowest BCUT2D eigenvalue weighted by Crippen LogP contribution is -2.61. The largest absolute Gasteiger partial charge is 0.479 e. The van der Waals surface area contributed by atoms with Gasteiger partial charge in [-0.2, -0.15) is 0 Å². The lowest BCUT2D eigenvalue weighted by Gasteiger charge is -2.42. The van der Waals surface area contributed by atoms with E-state index in [1.165, 1.54) is 40.5 Å². The van der Waals surface area contributed by atoms with Crippen molar-refractivity contribution in [1.29, 1.82) is 0 Å². The second-order valence-electron chi connectivity index (χ2n) is 21.7. The van der Waals surface area contributed by atoms with Crippen LogP contribution in [-0.2, 0) is 68.9 Å². The van der Waals surface area contributed by atoms with Crippen LogP contribution in [0.25, 0.3) is 0 Å². The van der Waals surface area contributed by atoms with Gasteiger partial charge in [0.25, 0.3) is 0 Å². The number of rotatable bonds is 23. The van der Waals surface area contributed by atoms with Gasteiger partial charge in [-0.3, -0.25) is 19.4 Å². The van der Waals surface area contributed by atoms with Crippen molar-refractivity contribution in [2.45, 2.75) is 157 Å². The van der Waals surface area contributed by atoms with E-state index in [9.17, 15) is 44.4 Å². The van der Waals surface area contributed by atoms with E-state index in [4.69, 9.17) is 43.6 Å². The molecular weight excluding hydrogens is 1050 g/mol. The van der Waals surface area contributed by atoms with E-state index in [2.05, 4.69) is 31.3 Å². The maximum atomic E-state index is 12.8. The monoisotopic (exact) mass is 1130 g/mol. The van der Waals surface area contributed by atoms with E-state index in [0.29, 0.717) is 36.5 Å². The van der Waals surface area contributed by atoms with Crippen LogP contribution in [0.2, 0.25) is 0 Å². The maximum Gasteiger partial charge on any atom is 0.411 e. The van der Waals surface area contributed by atoms with Crippen molar-refractivity contribution < 1.29 is 82.3 Å². The van der Waals surface area contributed by atoms with Gasteiger partial charge in [-0.25, -0.2) is 14.4 Å². The molecule has 0 bridgehead atoms. The average molecular weight is 1130 g/mol. The van der Waals surface area contributed by atoms with Crippen LogP contribution in [0.15, 0.2) is 97.1 Å². The minimum Gasteiger partial charge on any atom is -0.479 e. The number of ether oxygens (including phenoxy) is 8. The summed E-state index contributed by atoms with van der Waals surface area (Å²) in [4.78, 5) is 63.7. The Bertz CT molecular complexity index is 2690. The van der Waals surface area contributed by atoms with E-state index in [0.717, 1.165) is 17.5 Å². The zero-order valence-corrected chi connectivity index (χ0v) is 48.2. The highest BCUT2D eigenvalue weighted by molar-refractivity contribution is 5.90. The van der Waals surface area contributed by atoms with Gasteiger partial charge in [0, 0.05) is 38.8 Å². The summed E-state index contributed by atoms with van der Waals surface area (Å²) in [6.07, 6.45) is -9.84. The number of nitrogens with two attached hydrogens (primary N) is 1. The van der Waals surface area contributed by atoms with Gasteiger partial charge >= 0.3 is 18.2 Å². The summed E-state index contributed by atoms with van der Waals surface area (Å²) in [5, 5.41) is 42.0. The normalized spacial score (nSPS) is 22.7. The fourth-order valence-corrected chi connectivity index (χ4v) is 9.05. The lowest BCUT2D eigenvalue weighted by molar-refractivity contribution is -0.271. The standard InChI is InChI=1S/C31H44N2O6.C29H38N2O11/c1-8-33(19-37-31(6,7)17-24-12-10-9-11-13-24)30(35)36-18-25-14-15-27(26(32)16-25)38-29-22(4)20(2)21(3)28(39-29)23(5)34;1-5-31(16-40-29(3,4)14-18-9-7-6-8-10-18)28(38)39-15-19-11-12-21(20(13-19)30-17(2)32)41-27-24(35)22(33)23(34)25(42-27)26(36)37/h9-16,20-22,28-29H,8,17-19,32H2,1-7H3;6-13,22-25,27,33-35H,5,14-16H2,1-4H3,(H,30,32)(H,36,37)/t20-,21?,22-,28?,29?;22-,23?,24-,25?,27?/m00/s1. The zero-order valence-electron chi connectivity index (χ0n) is 48.2. The van der Waals surface area contributed by atoms with E-state index in [1.807, 2.05) is 90.1 Å². The molecule has 2 aliphatic rings. The summed E-state index contributed by atoms with van der Waals surface area (Å²) in [5.74, 6) is -1.17. The summed E-state index contributed by atoms with van der Waals surface area (Å²) in [6.45, 7) is 21.4. The molecule has 21 heteroatoms. The molecule has 2 fully saturated rings. The molecule has 81 heavy (non-hydrogen) atoms. The summed E-state index contributed by atoms with van der Waals surface area (Å²) in [5.41, 5.74) is 9.29. The molecule has 0 spiro atoms. The smallest absolute Gasteiger partial charge is 0.411 e. The number of nitrogens with zero attached hydrogens (tertiary/aromatic N) is 2. The van der Waals surface area contributed by atoms with Gasteiger partial charge < -0.3 is 69.4 Å².